The number of benzene rings is 1. The summed E-state index contributed by atoms with van der Waals surface area (Å²) in [6.07, 6.45) is 3.41. The fraction of sp³-hybridized carbons (Fsp3) is 0. The van der Waals surface area contributed by atoms with E-state index in [1.165, 1.54) is 0 Å². The molecule has 7 heteroatoms. The van der Waals surface area contributed by atoms with Crippen molar-refractivity contribution in [2.24, 2.45) is 0 Å². The average Bonchev–Trinajstić information content (AvgIpc) is 2.92. The van der Waals surface area contributed by atoms with Gasteiger partial charge in [-0.15, -0.1) is 0 Å². The highest BCUT2D eigenvalue weighted by Crippen LogP contribution is 2.26. The molecule has 4 aromatic rings. The first-order chi connectivity index (χ1) is 10.6. The molecule has 0 saturated heterocycles. The Labute approximate surface area is 124 Å². The molecule has 0 aliphatic rings. The lowest BCUT2D eigenvalue weighted by Crippen LogP contribution is -2.11. The van der Waals surface area contributed by atoms with E-state index >= 15 is 0 Å². The van der Waals surface area contributed by atoms with Crippen molar-refractivity contribution in [2.75, 3.05) is 11.5 Å². The summed E-state index contributed by atoms with van der Waals surface area (Å²) in [5, 5.41) is 0.836. The Morgan fingerprint density at radius 1 is 1.14 bits per heavy atom. The highest BCUT2D eigenvalue weighted by atomic mass is 16.1. The second-order valence-electron chi connectivity index (χ2n) is 5.01. The first kappa shape index (κ1) is 12.4. The number of hydrogen-bond donors (Lipinski definition) is 4. The molecule has 0 atom stereocenters. The van der Waals surface area contributed by atoms with Gasteiger partial charge in [-0.3, -0.25) is 4.79 Å². The van der Waals surface area contributed by atoms with Crippen LogP contribution in [0.25, 0.3) is 33.3 Å². The largest absolute Gasteiger partial charge is 0.397 e. The molecule has 0 bridgehead atoms. The fourth-order valence-corrected chi connectivity index (χ4v) is 2.50. The smallest absolute Gasteiger partial charge is 0.275 e. The van der Waals surface area contributed by atoms with E-state index in [1.807, 2.05) is 12.1 Å². The van der Waals surface area contributed by atoms with Gasteiger partial charge >= 0.3 is 0 Å². The number of hydrogen-bond acceptors (Lipinski definition) is 5. The molecule has 0 amide bonds. The molecule has 1 aromatic carbocycles. The van der Waals surface area contributed by atoms with Crippen LogP contribution in [0.4, 0.5) is 11.4 Å². The molecule has 6 N–H and O–H groups in total. The van der Waals surface area contributed by atoms with Gasteiger partial charge in [0, 0.05) is 23.3 Å². The third-order valence-corrected chi connectivity index (χ3v) is 3.60. The van der Waals surface area contributed by atoms with Crippen LogP contribution in [0.2, 0.25) is 0 Å². The number of aromatic nitrogens is 4. The second-order valence-corrected chi connectivity index (χ2v) is 5.01. The van der Waals surface area contributed by atoms with Crippen molar-refractivity contribution in [1.29, 1.82) is 0 Å². The number of pyridine rings is 1. The summed E-state index contributed by atoms with van der Waals surface area (Å²) >= 11 is 0. The van der Waals surface area contributed by atoms with E-state index in [9.17, 15) is 4.79 Å². The van der Waals surface area contributed by atoms with Gasteiger partial charge in [0.15, 0.2) is 0 Å². The van der Waals surface area contributed by atoms with Crippen LogP contribution in [0.5, 0.6) is 0 Å². The Kier molecular flexibility index (Phi) is 2.43. The summed E-state index contributed by atoms with van der Waals surface area (Å²) in [7, 11) is 0. The van der Waals surface area contributed by atoms with E-state index in [1.54, 1.807) is 24.5 Å². The lowest BCUT2D eigenvalue weighted by atomic mass is 10.1. The van der Waals surface area contributed by atoms with Crippen molar-refractivity contribution >= 4 is 33.4 Å². The molecular weight excluding hydrogens is 280 g/mol. The van der Waals surface area contributed by atoms with Crippen LogP contribution in [0.3, 0.4) is 0 Å². The van der Waals surface area contributed by atoms with Gasteiger partial charge in [-0.1, -0.05) is 0 Å². The number of nitrogen functional groups attached to an aromatic ring is 2. The van der Waals surface area contributed by atoms with Gasteiger partial charge in [-0.25, -0.2) is 9.97 Å². The molecule has 3 heterocycles. The normalized spacial score (nSPS) is 11.3. The molecule has 7 nitrogen and oxygen atoms in total. The number of aromatic amines is 2. The van der Waals surface area contributed by atoms with Gasteiger partial charge in [-0.05, 0) is 24.3 Å². The number of anilines is 2. The maximum Gasteiger partial charge on any atom is 0.275 e. The van der Waals surface area contributed by atoms with Crippen LogP contribution >= 0.6 is 0 Å². The van der Waals surface area contributed by atoms with Crippen molar-refractivity contribution in [3.8, 4) is 11.3 Å². The molecule has 0 fully saturated rings. The molecule has 0 aliphatic carbocycles. The predicted molar refractivity (Wildman–Crippen MR) is 86.3 cm³/mol. The third kappa shape index (κ3) is 1.72. The molecular formula is C15H12N6O. The van der Waals surface area contributed by atoms with E-state index in [4.69, 9.17) is 11.5 Å². The van der Waals surface area contributed by atoms with Crippen molar-refractivity contribution in [2.45, 2.75) is 0 Å². The highest BCUT2D eigenvalue weighted by molar-refractivity contribution is 5.94. The topological polar surface area (TPSA) is 126 Å². The second kappa shape index (κ2) is 4.32. The van der Waals surface area contributed by atoms with Gasteiger partial charge in [0.25, 0.3) is 5.56 Å². The first-order valence-corrected chi connectivity index (χ1v) is 6.65. The number of nitrogens with zero attached hydrogens (tertiary/aromatic N) is 2. The summed E-state index contributed by atoms with van der Waals surface area (Å²) < 4.78 is 0. The number of nitrogens with two attached hydrogens (primary N) is 2. The minimum atomic E-state index is -0.290. The van der Waals surface area contributed by atoms with Gasteiger partial charge in [0.2, 0.25) is 0 Å². The lowest BCUT2D eigenvalue weighted by Gasteiger charge is -2.05. The first-order valence-electron chi connectivity index (χ1n) is 6.65. The van der Waals surface area contributed by atoms with Crippen LogP contribution in [0.15, 0.2) is 41.5 Å². The Balaban J connectivity index is 2.04. The molecule has 108 valence electrons. The maximum absolute atomic E-state index is 12.3. The number of fused-ring (bicyclic) bond motifs is 2. The molecule has 0 spiro atoms. The zero-order chi connectivity index (χ0) is 15.3. The SMILES string of the molecule is Nc1cc2nc(-c3c[nH]c4ncccc34)c(=O)[nH]c2cc1N. The van der Waals surface area contributed by atoms with E-state index in [0.717, 1.165) is 5.39 Å². The molecule has 22 heavy (non-hydrogen) atoms. The quantitative estimate of drug-likeness (QED) is 0.397. The van der Waals surface area contributed by atoms with Gasteiger partial charge in [0.1, 0.15) is 11.3 Å². The van der Waals surface area contributed by atoms with Crippen molar-refractivity contribution in [3.05, 3.63) is 47.0 Å². The third-order valence-electron chi connectivity index (χ3n) is 3.60. The van der Waals surface area contributed by atoms with Gasteiger partial charge in [-0.2, -0.15) is 0 Å². The Hall–Kier alpha value is -3.35. The summed E-state index contributed by atoms with van der Waals surface area (Å²) in [6, 6.07) is 6.96. The molecule has 0 aliphatic heterocycles. The van der Waals surface area contributed by atoms with Gasteiger partial charge in [0.05, 0.1) is 22.4 Å². The molecule has 0 radical (unpaired) electrons. The predicted octanol–water partition coefficient (Wildman–Crippen LogP) is 1.63. The zero-order valence-corrected chi connectivity index (χ0v) is 11.4. The van der Waals surface area contributed by atoms with Crippen molar-refractivity contribution in [1.82, 2.24) is 19.9 Å². The number of nitrogens with one attached hydrogen (secondary N) is 2. The van der Waals surface area contributed by atoms with Crippen molar-refractivity contribution < 1.29 is 0 Å². The minimum absolute atomic E-state index is 0.290. The summed E-state index contributed by atoms with van der Waals surface area (Å²) in [5.74, 6) is 0. The van der Waals surface area contributed by atoms with E-state index in [0.29, 0.717) is 39.3 Å². The highest BCUT2D eigenvalue weighted by Gasteiger charge is 2.13. The van der Waals surface area contributed by atoms with Gasteiger partial charge < -0.3 is 21.4 Å². The number of rotatable bonds is 1. The molecule has 4 rings (SSSR count). The minimum Gasteiger partial charge on any atom is -0.397 e. The molecule has 0 saturated carbocycles. The summed E-state index contributed by atoms with van der Waals surface area (Å²) in [4.78, 5) is 26.8. The van der Waals surface area contributed by atoms with Crippen molar-refractivity contribution in [3.63, 3.8) is 0 Å². The van der Waals surface area contributed by atoms with Crippen LogP contribution in [0.1, 0.15) is 0 Å². The number of H-pyrrole nitrogens is 2. The monoisotopic (exact) mass is 292 g/mol. The molecule has 3 aromatic heterocycles. The van der Waals surface area contributed by atoms with Crippen LogP contribution in [0, 0.1) is 0 Å². The maximum atomic E-state index is 12.3. The van der Waals surface area contributed by atoms with E-state index in [-0.39, 0.29) is 5.56 Å². The Morgan fingerprint density at radius 2 is 1.95 bits per heavy atom. The summed E-state index contributed by atoms with van der Waals surface area (Å²) in [5.41, 5.74) is 15.0. The standard InChI is InChI=1S/C15H12N6O/c16-9-4-11-12(5-10(9)17)21-15(22)13(20-11)8-6-19-14-7(8)2-1-3-18-14/h1-6H,16-17H2,(H,18,19)(H,21,22). The zero-order valence-electron chi connectivity index (χ0n) is 11.4. The van der Waals surface area contributed by atoms with Crippen LogP contribution < -0.4 is 17.0 Å². The Bertz CT molecular complexity index is 1080. The fourth-order valence-electron chi connectivity index (χ4n) is 2.50. The lowest BCUT2D eigenvalue weighted by molar-refractivity contribution is 1.22. The van der Waals surface area contributed by atoms with E-state index < -0.39 is 0 Å². The van der Waals surface area contributed by atoms with Crippen LogP contribution in [-0.2, 0) is 0 Å². The average molecular weight is 292 g/mol. The summed E-state index contributed by atoms with van der Waals surface area (Å²) in [6.45, 7) is 0. The Morgan fingerprint density at radius 3 is 2.82 bits per heavy atom. The van der Waals surface area contributed by atoms with E-state index in [2.05, 4.69) is 19.9 Å². The molecule has 0 unspecified atom stereocenters. The van der Waals surface area contributed by atoms with Crippen LogP contribution in [-0.4, -0.2) is 19.9 Å².